The minimum absolute atomic E-state index is 0.342. The molecule has 0 fully saturated rings. The molecule has 4 rings (SSSR count). The van der Waals surface area contributed by atoms with E-state index in [1.165, 1.54) is 0 Å². The van der Waals surface area contributed by atoms with E-state index in [1.807, 2.05) is 26.0 Å². The second-order valence-electron chi connectivity index (χ2n) is 7.07. The predicted molar refractivity (Wildman–Crippen MR) is 93.4 cm³/mol. The van der Waals surface area contributed by atoms with Gasteiger partial charge in [0.25, 0.3) is 0 Å². The van der Waals surface area contributed by atoms with Crippen LogP contribution in [0.3, 0.4) is 0 Å². The maximum absolute atomic E-state index is 12.5. The maximum Gasteiger partial charge on any atom is 0.343 e. The summed E-state index contributed by atoms with van der Waals surface area (Å²) in [6, 6.07) is 5.51. The Labute approximate surface area is 145 Å². The zero-order chi connectivity index (χ0) is 18.0. The van der Waals surface area contributed by atoms with Crippen LogP contribution in [-0.2, 0) is 11.2 Å². The standard InChI is InChI=1S/C20H20O5/c1-5-19(4)10-13-16(24-20(19)9-12(3)17(21)25-20)15-11(2)7-6-8-14(15)23-18(13)22/h5-9,17,21H,1,10H2,2-4H3. The third-order valence-corrected chi connectivity index (χ3v) is 5.32. The third-order valence-electron chi connectivity index (χ3n) is 5.32. The number of benzene rings is 1. The second-order valence-corrected chi connectivity index (χ2v) is 7.07. The van der Waals surface area contributed by atoms with Crippen LogP contribution >= 0.6 is 0 Å². The molecular formula is C20H20O5. The summed E-state index contributed by atoms with van der Waals surface area (Å²) in [5.74, 6) is -0.754. The van der Waals surface area contributed by atoms with E-state index in [0.717, 1.165) is 10.9 Å². The van der Waals surface area contributed by atoms with Crippen molar-refractivity contribution in [3.8, 4) is 5.75 Å². The molecule has 1 spiro atoms. The van der Waals surface area contributed by atoms with Crippen LogP contribution in [0.4, 0.5) is 0 Å². The van der Waals surface area contributed by atoms with Crippen LogP contribution in [0, 0.1) is 12.3 Å². The fraction of sp³-hybridized carbons (Fsp3) is 0.350. The first-order chi connectivity index (χ1) is 11.8. The number of ether oxygens (including phenoxy) is 2. The largest absolute Gasteiger partial charge is 0.456 e. The normalized spacial score (nSPS) is 30.9. The highest BCUT2D eigenvalue weighted by Crippen LogP contribution is 2.52. The summed E-state index contributed by atoms with van der Waals surface area (Å²) >= 11 is 0. The van der Waals surface area contributed by atoms with Gasteiger partial charge in [0, 0.05) is 0 Å². The molecule has 0 aliphatic carbocycles. The van der Waals surface area contributed by atoms with E-state index in [4.69, 9.17) is 13.9 Å². The molecule has 0 radical (unpaired) electrons. The van der Waals surface area contributed by atoms with Crippen LogP contribution in [0.2, 0.25) is 0 Å². The lowest BCUT2D eigenvalue weighted by atomic mass is 9.73. The summed E-state index contributed by atoms with van der Waals surface area (Å²) in [6.45, 7) is 9.52. The molecule has 1 aromatic heterocycles. The number of aliphatic hydroxyl groups is 1. The molecule has 2 aliphatic rings. The van der Waals surface area contributed by atoms with Crippen LogP contribution < -0.4 is 10.4 Å². The molecule has 130 valence electrons. The fourth-order valence-electron chi connectivity index (χ4n) is 3.68. The molecule has 5 heteroatoms. The quantitative estimate of drug-likeness (QED) is 0.638. The van der Waals surface area contributed by atoms with Gasteiger partial charge in [0.1, 0.15) is 11.3 Å². The smallest absolute Gasteiger partial charge is 0.343 e. The van der Waals surface area contributed by atoms with Gasteiger partial charge in [0.05, 0.1) is 16.4 Å². The lowest BCUT2D eigenvalue weighted by Crippen LogP contribution is -2.54. The van der Waals surface area contributed by atoms with Gasteiger partial charge in [-0.3, -0.25) is 0 Å². The van der Waals surface area contributed by atoms with Crippen molar-refractivity contribution < 1.29 is 19.0 Å². The van der Waals surface area contributed by atoms with Crippen molar-refractivity contribution in [1.29, 1.82) is 0 Å². The summed E-state index contributed by atoms with van der Waals surface area (Å²) < 4.78 is 17.6. The lowest BCUT2D eigenvalue weighted by Gasteiger charge is -2.46. The molecule has 3 atom stereocenters. The van der Waals surface area contributed by atoms with Crippen LogP contribution in [0.25, 0.3) is 11.0 Å². The Hall–Kier alpha value is -2.37. The van der Waals surface area contributed by atoms with Crippen molar-refractivity contribution in [2.45, 2.75) is 39.3 Å². The number of fused-ring (bicyclic) bond motifs is 3. The monoisotopic (exact) mass is 340 g/mol. The molecule has 5 nitrogen and oxygen atoms in total. The fourth-order valence-corrected chi connectivity index (χ4v) is 3.68. The maximum atomic E-state index is 12.5. The number of hydrogen-bond acceptors (Lipinski definition) is 5. The van der Waals surface area contributed by atoms with Crippen molar-refractivity contribution in [1.82, 2.24) is 0 Å². The van der Waals surface area contributed by atoms with Gasteiger partial charge in [-0.15, -0.1) is 6.58 Å². The van der Waals surface area contributed by atoms with Crippen molar-refractivity contribution in [3.63, 3.8) is 0 Å². The molecule has 3 heterocycles. The Kier molecular flexibility index (Phi) is 3.27. The van der Waals surface area contributed by atoms with Crippen LogP contribution in [0.1, 0.15) is 25.0 Å². The minimum Gasteiger partial charge on any atom is -0.456 e. The van der Waals surface area contributed by atoms with Gasteiger partial charge in [-0.2, -0.15) is 0 Å². The highest BCUT2D eigenvalue weighted by atomic mass is 16.8. The van der Waals surface area contributed by atoms with E-state index in [1.54, 1.807) is 25.1 Å². The molecule has 0 bridgehead atoms. The first-order valence-electron chi connectivity index (χ1n) is 8.23. The number of aryl methyl sites for hydroxylation is 1. The van der Waals surface area contributed by atoms with Crippen molar-refractivity contribution in [2.75, 3.05) is 0 Å². The van der Waals surface area contributed by atoms with Gasteiger partial charge in [0.15, 0.2) is 6.29 Å². The summed E-state index contributed by atoms with van der Waals surface area (Å²) in [5, 5.41) is 10.9. The average molecular weight is 340 g/mol. The summed E-state index contributed by atoms with van der Waals surface area (Å²) in [4.78, 5) is 12.5. The molecule has 3 unspecified atom stereocenters. The van der Waals surface area contributed by atoms with Crippen molar-refractivity contribution >= 4 is 11.0 Å². The van der Waals surface area contributed by atoms with Crippen molar-refractivity contribution in [3.05, 3.63) is 64.1 Å². The molecular weight excluding hydrogens is 320 g/mol. The van der Waals surface area contributed by atoms with Gasteiger partial charge in [-0.25, -0.2) is 4.79 Å². The van der Waals surface area contributed by atoms with Gasteiger partial charge in [0.2, 0.25) is 5.79 Å². The summed E-state index contributed by atoms with van der Waals surface area (Å²) in [5.41, 5.74) is 1.39. The minimum atomic E-state index is -1.21. The molecule has 0 saturated heterocycles. The molecule has 2 aromatic rings. The van der Waals surface area contributed by atoms with Gasteiger partial charge < -0.3 is 19.0 Å². The summed E-state index contributed by atoms with van der Waals surface area (Å²) in [6.07, 6.45) is 2.78. The van der Waals surface area contributed by atoms with Gasteiger partial charge >= 0.3 is 5.63 Å². The molecule has 0 amide bonds. The van der Waals surface area contributed by atoms with E-state index in [9.17, 15) is 9.90 Å². The Balaban J connectivity index is 2.04. The Morgan fingerprint density at radius 3 is 2.76 bits per heavy atom. The predicted octanol–water partition coefficient (Wildman–Crippen LogP) is 3.22. The van der Waals surface area contributed by atoms with E-state index < -0.39 is 23.1 Å². The lowest BCUT2D eigenvalue weighted by molar-refractivity contribution is -0.253. The number of aliphatic hydroxyl groups excluding tert-OH is 1. The van der Waals surface area contributed by atoms with Gasteiger partial charge in [-0.1, -0.05) is 18.2 Å². The summed E-state index contributed by atoms with van der Waals surface area (Å²) in [7, 11) is 0. The first kappa shape index (κ1) is 16.1. The highest BCUT2D eigenvalue weighted by molar-refractivity contribution is 5.88. The van der Waals surface area contributed by atoms with Crippen LogP contribution in [-0.4, -0.2) is 17.2 Å². The van der Waals surface area contributed by atoms with E-state index >= 15 is 0 Å². The Morgan fingerprint density at radius 1 is 1.36 bits per heavy atom. The van der Waals surface area contributed by atoms with E-state index in [-0.39, 0.29) is 0 Å². The van der Waals surface area contributed by atoms with Crippen molar-refractivity contribution in [2.24, 2.45) is 5.41 Å². The van der Waals surface area contributed by atoms with Crippen LogP contribution in [0.15, 0.2) is 51.7 Å². The van der Waals surface area contributed by atoms with E-state index in [2.05, 4.69) is 6.58 Å². The Bertz CT molecular complexity index is 985. The second kappa shape index (κ2) is 5.07. The molecule has 2 aliphatic heterocycles. The van der Waals surface area contributed by atoms with Gasteiger partial charge in [-0.05, 0) is 50.5 Å². The first-order valence-corrected chi connectivity index (χ1v) is 8.23. The zero-order valence-electron chi connectivity index (χ0n) is 14.5. The topological polar surface area (TPSA) is 68.9 Å². The molecule has 25 heavy (non-hydrogen) atoms. The molecule has 0 saturated carbocycles. The van der Waals surface area contributed by atoms with E-state index in [0.29, 0.717) is 28.9 Å². The van der Waals surface area contributed by atoms with Crippen LogP contribution in [0.5, 0.6) is 5.75 Å². The zero-order valence-corrected chi connectivity index (χ0v) is 14.5. The third kappa shape index (κ3) is 2.06. The number of hydrogen-bond donors (Lipinski definition) is 1. The highest BCUT2D eigenvalue weighted by Gasteiger charge is 2.57. The molecule has 1 aromatic carbocycles. The average Bonchev–Trinajstić information content (AvgIpc) is 2.85. The SMILES string of the molecule is C=CC1(C)Cc2c(c3c(C)cccc3oc2=O)OC12C=C(C)C(O)O2. The number of rotatable bonds is 1. The molecule has 1 N–H and O–H groups in total. The Morgan fingerprint density at radius 2 is 2.12 bits per heavy atom.